The molecule has 23 heteroatoms. The first kappa shape index (κ1) is 30.3. The molecule has 3 aliphatic heterocycles. The Morgan fingerprint density at radius 2 is 1.73 bits per heavy atom. The zero-order valence-corrected chi connectivity index (χ0v) is 24.6. The van der Waals surface area contributed by atoms with Crippen molar-refractivity contribution in [1.82, 2.24) is 34.1 Å². The van der Waals surface area contributed by atoms with Crippen LogP contribution in [-0.4, -0.2) is 94.0 Å². The number of fused-ring (bicyclic) bond motifs is 5. The average molecular weight is 673 g/mol. The number of aromatic nitrogens is 7. The molecule has 3 unspecified atom stereocenters. The van der Waals surface area contributed by atoms with E-state index in [9.17, 15) is 23.7 Å². The molecule has 3 fully saturated rings. The van der Waals surface area contributed by atoms with Gasteiger partial charge < -0.3 is 40.0 Å². The summed E-state index contributed by atoms with van der Waals surface area (Å²) in [6.07, 6.45) is -7.04. The highest BCUT2D eigenvalue weighted by atomic mass is 31.2. The molecule has 3 aliphatic rings. The topological polar surface area (TPSA) is 276 Å². The minimum atomic E-state index is -4.93. The fraction of sp³-hybridized carbons (Fsp3) is 0.500. The summed E-state index contributed by atoms with van der Waals surface area (Å²) in [6.45, 7) is -1.23. The number of nitrogens with two attached hydrogens (primary N) is 2. The molecule has 4 aromatic heterocycles. The third-order valence-corrected chi connectivity index (χ3v) is 9.51. The van der Waals surface area contributed by atoms with Crippen LogP contribution < -0.4 is 17.0 Å². The first-order chi connectivity index (χ1) is 21.4. The van der Waals surface area contributed by atoms with E-state index < -0.39 is 83.6 Å². The summed E-state index contributed by atoms with van der Waals surface area (Å²) < 4.78 is 77.7. The van der Waals surface area contributed by atoms with Gasteiger partial charge in [0, 0.05) is 12.6 Å². The maximum absolute atomic E-state index is 15.9. The number of phosphoric acid groups is 1. The van der Waals surface area contributed by atoms with Gasteiger partial charge in [-0.15, -0.1) is 0 Å². The van der Waals surface area contributed by atoms with E-state index in [4.69, 9.17) is 39.2 Å². The van der Waals surface area contributed by atoms with Crippen LogP contribution in [0, 0.1) is 0 Å². The number of halogens is 1. The molecule has 0 aromatic carbocycles. The third-order valence-electron chi connectivity index (χ3n) is 7.47. The molecule has 0 spiro atoms. The minimum Gasteiger partial charge on any atom is -0.397 e. The largest absolute Gasteiger partial charge is 0.472 e. The maximum atomic E-state index is 15.9. The van der Waals surface area contributed by atoms with Crippen molar-refractivity contribution in [3.8, 4) is 0 Å². The Bertz CT molecular complexity index is 1920. The highest BCUT2D eigenvalue weighted by Gasteiger charge is 2.50. The van der Waals surface area contributed by atoms with E-state index >= 15 is 4.39 Å². The quantitative estimate of drug-likeness (QED) is 0.179. The number of imidazole rings is 2. The lowest BCUT2D eigenvalue weighted by molar-refractivity contribution is -0.0614. The van der Waals surface area contributed by atoms with Gasteiger partial charge in [0.25, 0.3) is 5.56 Å². The number of phosphoric ester groups is 1. The van der Waals surface area contributed by atoms with Gasteiger partial charge in [-0.05, 0) is 6.07 Å². The van der Waals surface area contributed by atoms with Crippen LogP contribution in [0.1, 0.15) is 18.9 Å². The van der Waals surface area contributed by atoms with E-state index in [1.165, 1.54) is 34.1 Å². The molecule has 7 heterocycles. The van der Waals surface area contributed by atoms with Gasteiger partial charge in [-0.3, -0.25) is 32.5 Å². The van der Waals surface area contributed by atoms with Crippen LogP contribution >= 0.6 is 15.4 Å². The van der Waals surface area contributed by atoms with E-state index in [1.54, 1.807) is 0 Å². The van der Waals surface area contributed by atoms with Crippen molar-refractivity contribution in [2.24, 2.45) is 0 Å². The molecule has 9 atom stereocenters. The lowest BCUT2D eigenvalue weighted by Crippen LogP contribution is -2.35. The van der Waals surface area contributed by atoms with E-state index in [0.29, 0.717) is 0 Å². The van der Waals surface area contributed by atoms with Gasteiger partial charge in [0.15, 0.2) is 35.4 Å². The predicted octanol–water partition coefficient (Wildman–Crippen LogP) is 0.312. The predicted molar refractivity (Wildman–Crippen MR) is 148 cm³/mol. The molecule has 0 saturated carbocycles. The first-order valence-electron chi connectivity index (χ1n) is 13.4. The summed E-state index contributed by atoms with van der Waals surface area (Å²) in [5, 5.41) is 0. The van der Waals surface area contributed by atoms with Gasteiger partial charge in [0.2, 0.25) is 5.95 Å². The molecule has 3 saturated heterocycles. The van der Waals surface area contributed by atoms with E-state index in [-0.39, 0.29) is 40.4 Å². The number of nitrogens with zero attached hydrogens (tertiary/aromatic N) is 6. The molecule has 7 N–H and O–H groups in total. The number of ether oxygens (including phenoxy) is 3. The van der Waals surface area contributed by atoms with Crippen LogP contribution in [0.4, 0.5) is 16.0 Å². The van der Waals surface area contributed by atoms with Crippen molar-refractivity contribution in [3.63, 3.8) is 0 Å². The number of pyridine rings is 1. The second kappa shape index (κ2) is 11.2. The lowest BCUT2D eigenvalue weighted by atomic mass is 10.1. The molecule has 20 nitrogen and oxygen atoms in total. The fourth-order valence-corrected chi connectivity index (χ4v) is 7.23. The van der Waals surface area contributed by atoms with Gasteiger partial charge in [0.1, 0.15) is 30.2 Å². The van der Waals surface area contributed by atoms with Gasteiger partial charge >= 0.3 is 15.4 Å². The number of nitrogen functional groups attached to an aromatic ring is 2. The summed E-state index contributed by atoms with van der Waals surface area (Å²) >= 11 is 0. The highest BCUT2D eigenvalue weighted by molar-refractivity contribution is 7.52. The normalized spacial score (nSPS) is 36.3. The summed E-state index contributed by atoms with van der Waals surface area (Å²) in [7, 11) is -9.43. The average Bonchev–Trinajstić information content (AvgIpc) is 3.74. The molecule has 0 radical (unpaired) electrons. The number of aromatic amines is 1. The van der Waals surface area contributed by atoms with E-state index in [2.05, 4.69) is 24.9 Å². The summed E-state index contributed by atoms with van der Waals surface area (Å²) in [4.78, 5) is 52.2. The summed E-state index contributed by atoms with van der Waals surface area (Å²) in [6, 6.07) is 1.51. The Kier molecular flexibility index (Phi) is 7.52. The molecule has 45 heavy (non-hydrogen) atoms. The van der Waals surface area contributed by atoms with Crippen molar-refractivity contribution in [2.45, 2.75) is 49.5 Å². The molecular weight excluding hydrogens is 647 g/mol. The van der Waals surface area contributed by atoms with Gasteiger partial charge in [-0.25, -0.2) is 23.9 Å². The number of rotatable bonds is 2. The third kappa shape index (κ3) is 5.65. The Labute approximate surface area is 250 Å². The Hall–Kier alpha value is -3.36. The molecule has 2 bridgehead atoms. The highest BCUT2D eigenvalue weighted by Crippen LogP contribution is 2.52. The SMILES string of the molecule is Nc1nc2c(ncn2[C@@H]2O[C@@H]3COP(=O)(O)COC4[C@@H](COP(=O)(O)O[C@H]2C3)O[C@@H](n2cnc3c(N)ccnc32)[C@H]4F)c(=O)[nH]1. The number of anilines is 2. The van der Waals surface area contributed by atoms with Crippen LogP contribution in [0.15, 0.2) is 29.7 Å². The number of hydrogen-bond donors (Lipinski definition) is 5. The van der Waals surface area contributed by atoms with Crippen molar-refractivity contribution in [3.05, 3.63) is 35.3 Å². The monoisotopic (exact) mass is 673 g/mol. The standard InChI is InChI=1S/C22H26FN9O11P2/c23-13-16-12(42-21(13)31-6-27-14-10(24)1-2-26-17(14)31)5-40-45(36,37)43-11-3-9(4-39-44(34,35)8-38-16)41-20(11)32-7-28-15-18(32)29-22(25)30-19(15)33/h1-2,6-7,9,11-13,16,20-21H,3-5,8H2,(H2,24,26)(H,34,35)(H,36,37)(H3,25,29,30,33)/t9-,11-,12+,13-,16?,20+,21+/m0/s1. The van der Waals surface area contributed by atoms with Crippen molar-refractivity contribution in [2.75, 3.05) is 31.0 Å². The van der Waals surface area contributed by atoms with Gasteiger partial charge in [-0.1, -0.05) is 0 Å². The number of alkyl halides is 1. The van der Waals surface area contributed by atoms with Gasteiger partial charge in [-0.2, -0.15) is 4.98 Å². The van der Waals surface area contributed by atoms with Crippen molar-refractivity contribution >= 4 is 49.4 Å². The fourth-order valence-electron chi connectivity index (χ4n) is 5.47. The Morgan fingerprint density at radius 1 is 0.978 bits per heavy atom. The molecule has 0 amide bonds. The molecule has 7 rings (SSSR count). The van der Waals surface area contributed by atoms with Gasteiger partial charge in [0.05, 0.1) is 37.7 Å². The molecule has 4 aromatic rings. The first-order valence-corrected chi connectivity index (χ1v) is 16.6. The van der Waals surface area contributed by atoms with Crippen LogP contribution in [-0.2, 0) is 36.9 Å². The van der Waals surface area contributed by atoms with E-state index in [0.717, 1.165) is 0 Å². The summed E-state index contributed by atoms with van der Waals surface area (Å²) in [5.41, 5.74) is 11.6. The van der Waals surface area contributed by atoms with Crippen LogP contribution in [0.2, 0.25) is 0 Å². The molecule has 0 aliphatic carbocycles. The number of nitrogens with one attached hydrogen (secondary N) is 1. The minimum absolute atomic E-state index is 0.0187. The van der Waals surface area contributed by atoms with Crippen molar-refractivity contribution in [1.29, 1.82) is 0 Å². The van der Waals surface area contributed by atoms with Crippen LogP contribution in [0.5, 0.6) is 0 Å². The second-order valence-electron chi connectivity index (χ2n) is 10.5. The summed E-state index contributed by atoms with van der Waals surface area (Å²) in [5.74, 6) is -0.223. The zero-order valence-electron chi connectivity index (χ0n) is 22.9. The Balaban J connectivity index is 1.18. The number of hydrogen-bond acceptors (Lipinski definition) is 15. The maximum Gasteiger partial charge on any atom is 0.472 e. The smallest absolute Gasteiger partial charge is 0.397 e. The lowest BCUT2D eigenvalue weighted by Gasteiger charge is -2.24. The molecular formula is C22H26FN9O11P2. The molecule has 242 valence electrons. The van der Waals surface area contributed by atoms with Crippen molar-refractivity contribution < 1.29 is 51.1 Å². The number of H-pyrrole nitrogens is 1. The second-order valence-corrected chi connectivity index (χ2v) is 13.7. The van der Waals surface area contributed by atoms with E-state index in [1.807, 2.05) is 0 Å². The zero-order chi connectivity index (χ0) is 31.7. The van der Waals surface area contributed by atoms with Crippen LogP contribution in [0.25, 0.3) is 22.3 Å². The van der Waals surface area contributed by atoms with Crippen LogP contribution in [0.3, 0.4) is 0 Å². The Morgan fingerprint density at radius 3 is 2.53 bits per heavy atom.